The van der Waals surface area contributed by atoms with E-state index in [4.69, 9.17) is 42.1 Å². The topological polar surface area (TPSA) is 145 Å². The Morgan fingerprint density at radius 2 is 0.817 bits per heavy atom. The average molecular weight is 899 g/mol. The zero-order valence-electron chi connectivity index (χ0n) is 36.7. The van der Waals surface area contributed by atoms with Gasteiger partial charge in [0.15, 0.2) is 5.75 Å². The molecule has 0 saturated carbocycles. The van der Waals surface area contributed by atoms with Crippen LogP contribution >= 0.6 is 23.2 Å². The van der Waals surface area contributed by atoms with E-state index in [-0.39, 0.29) is 57.2 Å². The molecule has 0 amide bonds. The van der Waals surface area contributed by atoms with E-state index in [0.29, 0.717) is 0 Å². The third-order valence-electron chi connectivity index (χ3n) is 9.79. The Labute approximate surface area is 372 Å². The summed E-state index contributed by atoms with van der Waals surface area (Å²) in [4.78, 5) is 47.3. The third kappa shape index (κ3) is 26.4. The van der Waals surface area contributed by atoms with E-state index >= 15 is 0 Å². The Balaban J connectivity index is 0.000000877. The molecular formula is C47H71Cl2O10S-. The first kappa shape index (κ1) is 55.0. The van der Waals surface area contributed by atoms with E-state index in [1.54, 1.807) is 6.92 Å². The lowest BCUT2D eigenvalue weighted by atomic mass is 10.1. The molecule has 0 aliphatic rings. The third-order valence-corrected chi connectivity index (χ3v) is 11.0. The van der Waals surface area contributed by atoms with Gasteiger partial charge >= 0.3 is 23.9 Å². The molecule has 0 spiro atoms. The Hall–Kier alpha value is -2.99. The van der Waals surface area contributed by atoms with Crippen LogP contribution < -0.4 is 4.74 Å². The van der Waals surface area contributed by atoms with E-state index < -0.39 is 35.0 Å². The van der Waals surface area contributed by atoms with Gasteiger partial charge in [-0.25, -0.2) is 14.4 Å². The van der Waals surface area contributed by atoms with Crippen LogP contribution in [0.25, 0.3) is 0 Å². The summed E-state index contributed by atoms with van der Waals surface area (Å²) in [5.41, 5.74) is 0.314. The molecule has 2 aromatic carbocycles. The van der Waals surface area contributed by atoms with Gasteiger partial charge in [0.2, 0.25) is 0 Å². The Bertz CT molecular complexity index is 1470. The number of hydrogen-bond acceptors (Lipinski definition) is 10. The number of ether oxygens (including phenoxy) is 4. The summed E-state index contributed by atoms with van der Waals surface area (Å²) in [5.74, 6) is -2.28. The lowest BCUT2D eigenvalue weighted by molar-refractivity contribution is -0.131. The Morgan fingerprint density at radius 1 is 0.500 bits per heavy atom. The van der Waals surface area contributed by atoms with Crippen LogP contribution in [0.3, 0.4) is 0 Å². The highest BCUT2D eigenvalue weighted by Crippen LogP contribution is 2.34. The molecule has 0 aliphatic heterocycles. The second kappa shape index (κ2) is 35.6. The van der Waals surface area contributed by atoms with Crippen molar-refractivity contribution in [2.45, 2.75) is 187 Å². The molecule has 0 bridgehead atoms. The SMILES string of the molecule is CCCCCCCCCCCCCCOC(=O)c1cc(C(=O)OCCCCCCCCCCCCCC)cc(S(=O)[O-])c1.CCOC(=O)c1cc(Cl)c(OC(C)=O)c(Cl)c1. The quantitative estimate of drug-likeness (QED) is 0.0229. The van der Waals surface area contributed by atoms with Crippen LogP contribution in [0.2, 0.25) is 10.0 Å². The van der Waals surface area contributed by atoms with Gasteiger partial charge in [-0.3, -0.25) is 9.00 Å². The first-order valence-corrected chi connectivity index (χ1v) is 24.2. The van der Waals surface area contributed by atoms with Crippen molar-refractivity contribution in [1.82, 2.24) is 0 Å². The molecule has 0 fully saturated rings. The lowest BCUT2D eigenvalue weighted by Crippen LogP contribution is -2.12. The molecule has 60 heavy (non-hydrogen) atoms. The van der Waals surface area contributed by atoms with Crippen molar-refractivity contribution < 1.29 is 46.9 Å². The molecule has 2 aromatic rings. The molecule has 0 radical (unpaired) electrons. The summed E-state index contributed by atoms with van der Waals surface area (Å²) < 4.78 is 43.6. The van der Waals surface area contributed by atoms with Gasteiger partial charge < -0.3 is 23.5 Å². The molecule has 10 nitrogen and oxygen atoms in total. The van der Waals surface area contributed by atoms with Crippen molar-refractivity contribution in [2.24, 2.45) is 0 Å². The first-order valence-electron chi connectivity index (χ1n) is 22.4. The molecular weight excluding hydrogens is 827 g/mol. The van der Waals surface area contributed by atoms with Gasteiger partial charge in [-0.05, 0) is 61.2 Å². The maximum absolute atomic E-state index is 12.6. The summed E-state index contributed by atoms with van der Waals surface area (Å²) in [6.45, 7) is 8.21. The second-order valence-electron chi connectivity index (χ2n) is 15.1. The zero-order chi connectivity index (χ0) is 44.4. The van der Waals surface area contributed by atoms with E-state index in [1.807, 2.05) is 0 Å². The largest absolute Gasteiger partial charge is 0.768 e. The van der Waals surface area contributed by atoms with Crippen LogP contribution in [-0.2, 0) is 30.1 Å². The second-order valence-corrected chi connectivity index (χ2v) is 16.9. The molecule has 2 rings (SSSR count). The van der Waals surface area contributed by atoms with Crippen molar-refractivity contribution in [3.8, 4) is 5.75 Å². The number of hydrogen-bond donors (Lipinski definition) is 0. The summed E-state index contributed by atoms with van der Waals surface area (Å²) in [6, 6.07) is 6.53. The number of esters is 4. The molecule has 0 saturated heterocycles. The predicted octanol–water partition coefficient (Wildman–Crippen LogP) is 13.7. The van der Waals surface area contributed by atoms with E-state index in [9.17, 15) is 27.9 Å². The molecule has 0 heterocycles. The highest BCUT2D eigenvalue weighted by molar-refractivity contribution is 7.79. The van der Waals surface area contributed by atoms with Gasteiger partial charge in [0, 0.05) is 11.8 Å². The number of carbonyl (C=O) groups excluding carboxylic acids is 4. The maximum atomic E-state index is 12.6. The minimum Gasteiger partial charge on any atom is -0.768 e. The highest BCUT2D eigenvalue weighted by atomic mass is 35.5. The predicted molar refractivity (Wildman–Crippen MR) is 240 cm³/mol. The van der Waals surface area contributed by atoms with Crippen LogP contribution in [0.15, 0.2) is 35.2 Å². The zero-order valence-corrected chi connectivity index (χ0v) is 39.1. The van der Waals surface area contributed by atoms with E-state index in [0.717, 1.165) is 38.5 Å². The maximum Gasteiger partial charge on any atom is 0.338 e. The lowest BCUT2D eigenvalue weighted by Gasteiger charge is -2.12. The minimum absolute atomic E-state index is 0.0360. The normalized spacial score (nSPS) is 11.3. The Morgan fingerprint density at radius 3 is 1.13 bits per heavy atom. The monoisotopic (exact) mass is 897 g/mol. The fourth-order valence-electron chi connectivity index (χ4n) is 6.45. The van der Waals surface area contributed by atoms with Crippen LogP contribution in [0, 0.1) is 0 Å². The van der Waals surface area contributed by atoms with Crippen LogP contribution in [0.5, 0.6) is 5.75 Å². The summed E-state index contributed by atoms with van der Waals surface area (Å²) in [5, 5.41) is 0.159. The summed E-state index contributed by atoms with van der Waals surface area (Å²) in [6.07, 6.45) is 29.3. The van der Waals surface area contributed by atoms with Gasteiger partial charge in [-0.1, -0.05) is 178 Å². The molecule has 0 aromatic heterocycles. The van der Waals surface area contributed by atoms with E-state index in [2.05, 4.69) is 13.8 Å². The average Bonchev–Trinajstić information content (AvgIpc) is 3.22. The number of benzene rings is 2. The fourth-order valence-corrected chi connectivity index (χ4v) is 7.46. The van der Waals surface area contributed by atoms with Crippen molar-refractivity contribution in [1.29, 1.82) is 0 Å². The van der Waals surface area contributed by atoms with Gasteiger partial charge in [-0.15, -0.1) is 0 Å². The number of carbonyl (C=O) groups is 4. The fraction of sp³-hybridized carbons (Fsp3) is 0.660. The van der Waals surface area contributed by atoms with Crippen LogP contribution in [-0.4, -0.2) is 52.5 Å². The van der Waals surface area contributed by atoms with Gasteiger partial charge in [0.05, 0.1) is 46.6 Å². The number of rotatable bonds is 32. The summed E-state index contributed by atoms with van der Waals surface area (Å²) in [7, 11) is 0. The summed E-state index contributed by atoms with van der Waals surface area (Å²) >= 11 is 9.13. The minimum atomic E-state index is -2.58. The molecule has 1 atom stereocenters. The van der Waals surface area contributed by atoms with E-state index in [1.165, 1.54) is 153 Å². The van der Waals surface area contributed by atoms with Gasteiger partial charge in [-0.2, -0.15) is 0 Å². The molecule has 1 unspecified atom stereocenters. The highest BCUT2D eigenvalue weighted by Gasteiger charge is 2.17. The van der Waals surface area contributed by atoms with Crippen LogP contribution in [0.1, 0.15) is 213 Å². The molecule has 340 valence electrons. The van der Waals surface area contributed by atoms with Gasteiger partial charge in [0.25, 0.3) is 0 Å². The number of halogens is 2. The molecule has 0 aliphatic carbocycles. The van der Waals surface area contributed by atoms with Gasteiger partial charge in [0.1, 0.15) is 0 Å². The molecule has 0 N–H and O–H groups in total. The number of unbranched alkanes of at least 4 members (excludes halogenated alkanes) is 22. The van der Waals surface area contributed by atoms with Crippen molar-refractivity contribution in [3.63, 3.8) is 0 Å². The smallest absolute Gasteiger partial charge is 0.338 e. The van der Waals surface area contributed by atoms with Crippen molar-refractivity contribution >= 4 is 58.2 Å². The van der Waals surface area contributed by atoms with Crippen molar-refractivity contribution in [3.05, 3.63) is 57.1 Å². The van der Waals surface area contributed by atoms with Crippen LogP contribution in [0.4, 0.5) is 0 Å². The Kier molecular flexibility index (Phi) is 32.6. The first-order chi connectivity index (χ1) is 28.9. The standard InChI is InChI=1S/C36H62O6S.C11H10Cl2O4/c1-3-5-7-9-11-13-15-17-19-21-23-25-27-41-35(37)32-29-33(31-34(30-32)43(39)40)36(38)42-28-26-24-22-20-18-16-14-12-10-8-6-4-2;1-3-16-11(15)7-4-8(12)10(9(13)5-7)17-6(2)14/h29-31H,3-28H2,1-2H3,(H,39,40);4-5H,3H2,1-2H3/p-1. The van der Waals surface area contributed by atoms with Crippen molar-refractivity contribution in [2.75, 3.05) is 19.8 Å². The molecule has 13 heteroatoms.